The van der Waals surface area contributed by atoms with Crippen molar-refractivity contribution in [1.82, 2.24) is 5.32 Å². The number of hydrogen-bond donors (Lipinski definition) is 3. The molecular formula is C44H88N2O6P+. The second-order valence-electron chi connectivity index (χ2n) is 16.4. The number of rotatable bonds is 40. The number of hydrogen-bond acceptors (Lipinski definition) is 5. The largest absolute Gasteiger partial charge is 0.472 e. The summed E-state index contributed by atoms with van der Waals surface area (Å²) in [6.07, 6.45) is 43.6. The molecule has 0 bridgehead atoms. The summed E-state index contributed by atoms with van der Waals surface area (Å²) >= 11 is 0. The minimum Gasteiger partial charge on any atom is -0.387 e. The van der Waals surface area contributed by atoms with Crippen LogP contribution in [-0.2, 0) is 18.4 Å². The van der Waals surface area contributed by atoms with E-state index in [4.69, 9.17) is 9.05 Å². The van der Waals surface area contributed by atoms with Gasteiger partial charge in [0, 0.05) is 6.42 Å². The van der Waals surface area contributed by atoms with Crippen molar-refractivity contribution in [1.29, 1.82) is 0 Å². The number of nitrogens with zero attached hydrogens (tertiary/aromatic N) is 1. The third-order valence-corrected chi connectivity index (χ3v) is 10.9. The van der Waals surface area contributed by atoms with E-state index >= 15 is 0 Å². The van der Waals surface area contributed by atoms with Gasteiger partial charge >= 0.3 is 7.82 Å². The summed E-state index contributed by atoms with van der Waals surface area (Å²) in [7, 11) is 1.55. The number of unbranched alkanes of at least 4 members (excludes halogenated alkanes) is 25. The summed E-state index contributed by atoms with van der Waals surface area (Å²) in [6.45, 7) is 4.62. The molecule has 0 aromatic rings. The predicted molar refractivity (Wildman–Crippen MR) is 226 cm³/mol. The van der Waals surface area contributed by atoms with E-state index in [1.165, 1.54) is 141 Å². The minimum absolute atomic E-state index is 0.0565. The summed E-state index contributed by atoms with van der Waals surface area (Å²) in [4.78, 5) is 22.6. The molecule has 9 heteroatoms. The van der Waals surface area contributed by atoms with E-state index in [1.54, 1.807) is 6.08 Å². The molecule has 0 aromatic heterocycles. The van der Waals surface area contributed by atoms with Gasteiger partial charge in [-0.1, -0.05) is 186 Å². The number of amides is 1. The molecule has 3 unspecified atom stereocenters. The number of phosphoric ester groups is 1. The Hall–Kier alpha value is -1.02. The van der Waals surface area contributed by atoms with Gasteiger partial charge in [-0.3, -0.25) is 13.8 Å². The van der Waals surface area contributed by atoms with Crippen molar-refractivity contribution in [2.45, 2.75) is 212 Å². The molecule has 3 atom stereocenters. The molecule has 0 rings (SSSR count). The van der Waals surface area contributed by atoms with Gasteiger partial charge in [-0.2, -0.15) is 0 Å². The first-order chi connectivity index (χ1) is 25.5. The summed E-state index contributed by atoms with van der Waals surface area (Å²) in [5.41, 5.74) is 0. The Labute approximate surface area is 328 Å². The number of phosphoric acid groups is 1. The third kappa shape index (κ3) is 39.0. The van der Waals surface area contributed by atoms with E-state index in [2.05, 4.69) is 31.3 Å². The van der Waals surface area contributed by atoms with E-state index in [-0.39, 0.29) is 19.1 Å². The van der Waals surface area contributed by atoms with Crippen molar-refractivity contribution in [3.63, 3.8) is 0 Å². The molecule has 0 aromatic carbocycles. The van der Waals surface area contributed by atoms with Gasteiger partial charge in [0.25, 0.3) is 0 Å². The number of aliphatic hydroxyl groups excluding tert-OH is 1. The van der Waals surface area contributed by atoms with Crippen molar-refractivity contribution < 1.29 is 32.9 Å². The van der Waals surface area contributed by atoms with Crippen LogP contribution in [0.2, 0.25) is 0 Å². The Morgan fingerprint density at radius 2 is 1.04 bits per heavy atom. The highest BCUT2D eigenvalue weighted by atomic mass is 31.2. The van der Waals surface area contributed by atoms with Crippen LogP contribution in [0.15, 0.2) is 24.3 Å². The Morgan fingerprint density at radius 1 is 0.623 bits per heavy atom. The van der Waals surface area contributed by atoms with Crippen molar-refractivity contribution in [3.05, 3.63) is 24.3 Å². The Morgan fingerprint density at radius 3 is 1.51 bits per heavy atom. The average Bonchev–Trinajstić information content (AvgIpc) is 3.10. The van der Waals surface area contributed by atoms with Crippen LogP contribution in [0.25, 0.3) is 0 Å². The molecule has 0 spiro atoms. The van der Waals surface area contributed by atoms with Crippen molar-refractivity contribution >= 4 is 13.7 Å². The van der Waals surface area contributed by atoms with E-state index in [1.807, 2.05) is 27.2 Å². The molecule has 53 heavy (non-hydrogen) atoms. The molecule has 1 amide bonds. The zero-order chi connectivity index (χ0) is 39.3. The predicted octanol–water partition coefficient (Wildman–Crippen LogP) is 12.1. The number of quaternary nitrogens is 1. The molecule has 0 aliphatic heterocycles. The van der Waals surface area contributed by atoms with Crippen molar-refractivity contribution in [2.75, 3.05) is 40.9 Å². The Bertz CT molecular complexity index is 922. The van der Waals surface area contributed by atoms with Crippen LogP contribution in [0.3, 0.4) is 0 Å². The number of allylic oxidation sites excluding steroid dienone is 3. The molecule has 314 valence electrons. The summed E-state index contributed by atoms with van der Waals surface area (Å²) in [6, 6.07) is -0.854. The third-order valence-electron chi connectivity index (χ3n) is 9.92. The molecule has 0 aliphatic carbocycles. The van der Waals surface area contributed by atoms with Crippen LogP contribution < -0.4 is 5.32 Å². The van der Waals surface area contributed by atoms with Crippen LogP contribution in [0.4, 0.5) is 0 Å². The Kier molecular flexibility index (Phi) is 35.9. The highest BCUT2D eigenvalue weighted by Gasteiger charge is 2.27. The van der Waals surface area contributed by atoms with Crippen LogP contribution in [-0.4, -0.2) is 73.4 Å². The van der Waals surface area contributed by atoms with Crippen LogP contribution in [0.1, 0.15) is 200 Å². The molecule has 0 saturated carbocycles. The Balaban J connectivity index is 3.95. The van der Waals surface area contributed by atoms with Gasteiger partial charge in [-0.25, -0.2) is 4.57 Å². The lowest BCUT2D eigenvalue weighted by atomic mass is 10.0. The molecule has 0 fully saturated rings. The smallest absolute Gasteiger partial charge is 0.387 e. The van der Waals surface area contributed by atoms with Gasteiger partial charge in [-0.15, -0.1) is 0 Å². The van der Waals surface area contributed by atoms with Gasteiger partial charge in [0.2, 0.25) is 5.91 Å². The lowest BCUT2D eigenvalue weighted by Crippen LogP contribution is -2.45. The fourth-order valence-electron chi connectivity index (χ4n) is 6.35. The molecule has 8 nitrogen and oxygen atoms in total. The number of likely N-dealkylation sites (N-methyl/N-ethyl adjacent to an activating group) is 1. The molecule has 0 heterocycles. The molecule has 3 N–H and O–H groups in total. The summed E-state index contributed by atoms with van der Waals surface area (Å²) < 4.78 is 23.3. The lowest BCUT2D eigenvalue weighted by Gasteiger charge is -2.25. The van der Waals surface area contributed by atoms with Gasteiger partial charge in [0.1, 0.15) is 13.2 Å². The van der Waals surface area contributed by atoms with Gasteiger partial charge < -0.3 is 19.8 Å². The number of aliphatic hydroxyl groups is 1. The molecule has 0 radical (unpaired) electrons. The fourth-order valence-corrected chi connectivity index (χ4v) is 7.09. The SMILES string of the molecule is CCCCCCCCCCCCCCCCCCCCCCCC/C=C/CC/C=C/C(O)C(COP(=O)(O)OCC[N+](C)(C)C)NC(=O)CCCCC. The van der Waals surface area contributed by atoms with Gasteiger partial charge in [0.15, 0.2) is 0 Å². The van der Waals surface area contributed by atoms with E-state index in [0.29, 0.717) is 17.4 Å². The quantitative estimate of drug-likeness (QED) is 0.0248. The van der Waals surface area contributed by atoms with E-state index < -0.39 is 20.0 Å². The second-order valence-corrected chi connectivity index (χ2v) is 17.9. The first-order valence-corrected chi connectivity index (χ1v) is 23.7. The summed E-state index contributed by atoms with van der Waals surface area (Å²) in [5.74, 6) is -0.212. The standard InChI is InChI=1S/C44H87N2O6P/c1-6-8-10-11-12-13-14-15-16-17-18-19-20-21-22-23-24-25-26-27-28-29-30-31-32-33-34-36-37-43(47)42(45-44(48)38-35-9-7-2)41-52-53(49,50)51-40-39-46(3,4)5/h31-32,36-37,42-43,47H,6-30,33-35,38-41H2,1-5H3,(H-,45,48,49,50)/p+1/b32-31+,37-36+. The highest BCUT2D eigenvalue weighted by Crippen LogP contribution is 2.43. The van der Waals surface area contributed by atoms with Crippen molar-refractivity contribution in [2.24, 2.45) is 0 Å². The number of nitrogens with one attached hydrogen (secondary N) is 1. The maximum Gasteiger partial charge on any atom is 0.472 e. The van der Waals surface area contributed by atoms with Crippen LogP contribution in [0, 0.1) is 0 Å². The fraction of sp³-hybridized carbons (Fsp3) is 0.886. The topological polar surface area (TPSA) is 105 Å². The average molecular weight is 772 g/mol. The number of carbonyl (C=O) groups is 1. The maximum absolute atomic E-state index is 12.5. The van der Waals surface area contributed by atoms with Crippen LogP contribution in [0.5, 0.6) is 0 Å². The lowest BCUT2D eigenvalue weighted by molar-refractivity contribution is -0.870. The van der Waals surface area contributed by atoms with Gasteiger partial charge in [0.05, 0.1) is 39.9 Å². The molecule has 0 aliphatic rings. The zero-order valence-corrected chi connectivity index (χ0v) is 36.4. The number of carbonyl (C=O) groups excluding carboxylic acids is 1. The first-order valence-electron chi connectivity index (χ1n) is 22.2. The monoisotopic (exact) mass is 772 g/mol. The van der Waals surface area contributed by atoms with E-state index in [0.717, 1.165) is 38.5 Å². The summed E-state index contributed by atoms with van der Waals surface area (Å²) in [5, 5.41) is 13.6. The van der Waals surface area contributed by atoms with Crippen LogP contribution >= 0.6 is 7.82 Å². The second kappa shape index (κ2) is 36.6. The zero-order valence-electron chi connectivity index (χ0n) is 35.5. The minimum atomic E-state index is -4.32. The molecular weight excluding hydrogens is 683 g/mol. The maximum atomic E-state index is 12.5. The first kappa shape index (κ1) is 52.0. The molecule has 0 saturated heterocycles. The van der Waals surface area contributed by atoms with E-state index in [9.17, 15) is 19.4 Å². The van der Waals surface area contributed by atoms with Crippen molar-refractivity contribution in [3.8, 4) is 0 Å². The van der Waals surface area contributed by atoms with Gasteiger partial charge in [-0.05, 0) is 32.1 Å². The highest BCUT2D eigenvalue weighted by molar-refractivity contribution is 7.47. The normalized spacial score (nSPS) is 14.6.